The van der Waals surface area contributed by atoms with E-state index in [1.807, 2.05) is 24.3 Å². The van der Waals surface area contributed by atoms with E-state index in [2.05, 4.69) is 9.46 Å². The van der Waals surface area contributed by atoms with Gasteiger partial charge in [-0.05, 0) is 47.5 Å². The van der Waals surface area contributed by atoms with Crippen LogP contribution in [0.5, 0.6) is 11.5 Å². The molecule has 34 heavy (non-hydrogen) atoms. The molecule has 0 atom stereocenters. The fourth-order valence-electron chi connectivity index (χ4n) is 3.38. The lowest BCUT2D eigenvalue weighted by molar-refractivity contribution is -0.130. The van der Waals surface area contributed by atoms with Gasteiger partial charge in [0.05, 0.1) is 11.5 Å². The van der Waals surface area contributed by atoms with Crippen molar-refractivity contribution in [3.05, 3.63) is 66.2 Å². The monoisotopic (exact) mass is 492 g/mol. The molecule has 0 radical (unpaired) electrons. The van der Waals surface area contributed by atoms with Crippen LogP contribution in [0.2, 0.25) is 0 Å². The van der Waals surface area contributed by atoms with Crippen LogP contribution in [0.1, 0.15) is 18.9 Å². The lowest BCUT2D eigenvalue weighted by atomic mass is 10.1. The van der Waals surface area contributed by atoms with E-state index in [4.69, 9.17) is 4.74 Å². The molecule has 0 aliphatic heterocycles. The Labute approximate surface area is 197 Å². The molecule has 1 amide bonds. The van der Waals surface area contributed by atoms with Crippen molar-refractivity contribution in [1.82, 2.24) is 9.62 Å². The second kappa shape index (κ2) is 11.3. The number of carbonyl (C=O) groups is 1. The van der Waals surface area contributed by atoms with Crippen LogP contribution in [0.3, 0.4) is 0 Å². The summed E-state index contributed by atoms with van der Waals surface area (Å²) < 4.78 is 62.6. The zero-order chi connectivity index (χ0) is 24.7. The largest absolute Gasteiger partial charge is 0.490 e. The molecule has 3 rings (SSSR count). The van der Waals surface area contributed by atoms with Crippen LogP contribution in [0.15, 0.2) is 65.6 Å². The molecule has 0 aliphatic rings. The number of nitrogens with zero attached hydrogens (tertiary/aromatic N) is 1. The summed E-state index contributed by atoms with van der Waals surface area (Å²) in [6, 6.07) is 16.7. The third kappa shape index (κ3) is 6.64. The Balaban J connectivity index is 1.57. The third-order valence-electron chi connectivity index (χ3n) is 5.03. The van der Waals surface area contributed by atoms with Gasteiger partial charge in [0, 0.05) is 26.6 Å². The normalized spacial score (nSPS) is 11.6. The fourth-order valence-corrected chi connectivity index (χ4v) is 4.44. The second-order valence-corrected chi connectivity index (χ2v) is 9.27. The van der Waals surface area contributed by atoms with Gasteiger partial charge in [0.2, 0.25) is 15.9 Å². The Kier molecular flexibility index (Phi) is 8.41. The Hall–Kier alpha value is -3.24. The molecule has 0 aliphatic carbocycles. The standard InChI is InChI=1S/C24H26F2N2O5S/c1-3-32-22-14-17(8-11-21(22)33-24(25)26)16-28(2)23(29)12-13-27-34(30,31)20-10-9-18-6-4-5-7-19(18)15-20/h4-11,14-15,24,27H,3,12-13,16H2,1-2H3. The highest BCUT2D eigenvalue weighted by molar-refractivity contribution is 7.89. The fraction of sp³-hybridized carbons (Fsp3) is 0.292. The number of hydrogen-bond donors (Lipinski definition) is 1. The maximum Gasteiger partial charge on any atom is 0.387 e. The van der Waals surface area contributed by atoms with Gasteiger partial charge in [-0.2, -0.15) is 8.78 Å². The van der Waals surface area contributed by atoms with E-state index in [0.717, 1.165) is 10.8 Å². The van der Waals surface area contributed by atoms with Gasteiger partial charge in [-0.15, -0.1) is 0 Å². The van der Waals surface area contributed by atoms with Crippen LogP contribution in [-0.4, -0.2) is 46.0 Å². The first-order valence-electron chi connectivity index (χ1n) is 10.6. The van der Waals surface area contributed by atoms with Crippen molar-refractivity contribution in [3.63, 3.8) is 0 Å². The average molecular weight is 493 g/mol. The molecule has 1 N–H and O–H groups in total. The molecule has 10 heteroatoms. The molecule has 0 unspecified atom stereocenters. The van der Waals surface area contributed by atoms with E-state index >= 15 is 0 Å². The summed E-state index contributed by atoms with van der Waals surface area (Å²) in [6.07, 6.45) is -0.0474. The summed E-state index contributed by atoms with van der Waals surface area (Å²) in [5, 5.41) is 1.73. The maximum absolute atomic E-state index is 12.6. The van der Waals surface area contributed by atoms with Gasteiger partial charge in [0.25, 0.3) is 0 Å². The number of nitrogens with one attached hydrogen (secondary N) is 1. The van der Waals surface area contributed by atoms with Crippen LogP contribution in [0.25, 0.3) is 10.8 Å². The topological polar surface area (TPSA) is 84.9 Å². The molecule has 182 valence electrons. The number of benzene rings is 3. The van der Waals surface area contributed by atoms with Gasteiger partial charge in [-0.3, -0.25) is 4.79 Å². The van der Waals surface area contributed by atoms with E-state index in [9.17, 15) is 22.0 Å². The SMILES string of the molecule is CCOc1cc(CN(C)C(=O)CCNS(=O)(=O)c2ccc3ccccc3c2)ccc1OC(F)F. The molecule has 0 spiro atoms. The van der Waals surface area contributed by atoms with Crippen LogP contribution in [0.4, 0.5) is 8.78 Å². The van der Waals surface area contributed by atoms with Crippen LogP contribution >= 0.6 is 0 Å². The predicted octanol–water partition coefficient (Wildman–Crippen LogP) is 4.17. The number of rotatable bonds is 11. The maximum atomic E-state index is 12.6. The average Bonchev–Trinajstić information content (AvgIpc) is 2.80. The van der Waals surface area contributed by atoms with E-state index in [1.54, 1.807) is 32.2 Å². The Morgan fingerprint density at radius 1 is 1.03 bits per heavy atom. The summed E-state index contributed by atoms with van der Waals surface area (Å²) in [5.74, 6) is -0.214. The Morgan fingerprint density at radius 2 is 1.76 bits per heavy atom. The molecular weight excluding hydrogens is 466 g/mol. The van der Waals surface area contributed by atoms with Gasteiger partial charge in [0.1, 0.15) is 0 Å². The van der Waals surface area contributed by atoms with Gasteiger partial charge in [-0.25, -0.2) is 13.1 Å². The minimum absolute atomic E-state index is 0.0474. The Morgan fingerprint density at radius 3 is 2.47 bits per heavy atom. The number of halogens is 2. The lowest BCUT2D eigenvalue weighted by Gasteiger charge is -2.19. The molecule has 3 aromatic carbocycles. The lowest BCUT2D eigenvalue weighted by Crippen LogP contribution is -2.32. The molecule has 0 fully saturated rings. The zero-order valence-electron chi connectivity index (χ0n) is 18.8. The van der Waals surface area contributed by atoms with Crippen molar-refractivity contribution in [1.29, 1.82) is 0 Å². The number of sulfonamides is 1. The highest BCUT2D eigenvalue weighted by atomic mass is 32.2. The number of carbonyl (C=O) groups excluding carboxylic acids is 1. The molecule has 0 saturated carbocycles. The van der Waals surface area contributed by atoms with Crippen molar-refractivity contribution in [2.45, 2.75) is 31.4 Å². The van der Waals surface area contributed by atoms with Gasteiger partial charge in [0.15, 0.2) is 11.5 Å². The van der Waals surface area contributed by atoms with Crippen molar-refractivity contribution in [3.8, 4) is 11.5 Å². The van der Waals surface area contributed by atoms with E-state index in [-0.39, 0.29) is 48.4 Å². The number of hydrogen-bond acceptors (Lipinski definition) is 5. The minimum atomic E-state index is -3.77. The van der Waals surface area contributed by atoms with Gasteiger partial charge >= 0.3 is 6.61 Å². The number of alkyl halides is 2. The van der Waals surface area contributed by atoms with Crippen molar-refractivity contribution < 1.29 is 31.5 Å². The number of amides is 1. The molecule has 3 aromatic rings. The quantitative estimate of drug-likeness (QED) is 0.434. The third-order valence-corrected chi connectivity index (χ3v) is 6.49. The molecule has 0 heterocycles. The van der Waals surface area contributed by atoms with E-state index in [0.29, 0.717) is 5.56 Å². The summed E-state index contributed by atoms with van der Waals surface area (Å²) >= 11 is 0. The summed E-state index contributed by atoms with van der Waals surface area (Å²) in [7, 11) is -2.20. The highest BCUT2D eigenvalue weighted by Crippen LogP contribution is 2.30. The Bertz CT molecular complexity index is 1250. The summed E-state index contributed by atoms with van der Waals surface area (Å²) in [5.41, 5.74) is 0.651. The zero-order valence-corrected chi connectivity index (χ0v) is 19.6. The van der Waals surface area contributed by atoms with E-state index in [1.165, 1.54) is 23.1 Å². The summed E-state index contributed by atoms with van der Waals surface area (Å²) in [4.78, 5) is 14.0. The molecular formula is C24H26F2N2O5S. The minimum Gasteiger partial charge on any atom is -0.490 e. The highest BCUT2D eigenvalue weighted by Gasteiger charge is 2.17. The van der Waals surface area contributed by atoms with Crippen LogP contribution in [0, 0.1) is 0 Å². The smallest absolute Gasteiger partial charge is 0.387 e. The van der Waals surface area contributed by atoms with Crippen LogP contribution in [-0.2, 0) is 21.4 Å². The number of ether oxygens (including phenoxy) is 2. The second-order valence-electron chi connectivity index (χ2n) is 7.50. The van der Waals surface area contributed by atoms with Crippen molar-refractivity contribution in [2.75, 3.05) is 20.2 Å². The molecule has 0 bridgehead atoms. The van der Waals surface area contributed by atoms with Crippen LogP contribution < -0.4 is 14.2 Å². The first-order chi connectivity index (χ1) is 16.2. The van der Waals surface area contributed by atoms with Gasteiger partial charge in [-0.1, -0.05) is 36.4 Å². The summed E-state index contributed by atoms with van der Waals surface area (Å²) in [6.45, 7) is -0.884. The first-order valence-corrected chi connectivity index (χ1v) is 12.1. The van der Waals surface area contributed by atoms with E-state index < -0.39 is 16.6 Å². The first kappa shape index (κ1) is 25.4. The van der Waals surface area contributed by atoms with Crippen molar-refractivity contribution >= 4 is 26.7 Å². The molecule has 0 aromatic heterocycles. The van der Waals surface area contributed by atoms with Gasteiger partial charge < -0.3 is 14.4 Å². The molecule has 7 nitrogen and oxygen atoms in total. The number of fused-ring (bicyclic) bond motifs is 1. The predicted molar refractivity (Wildman–Crippen MR) is 124 cm³/mol. The van der Waals surface area contributed by atoms with Crippen molar-refractivity contribution in [2.24, 2.45) is 0 Å². The molecule has 0 saturated heterocycles.